The van der Waals surface area contributed by atoms with Crippen LogP contribution < -0.4 is 0 Å². The second-order valence-electron chi connectivity index (χ2n) is 3.66. The maximum atomic E-state index is 10.9. The zero-order chi connectivity index (χ0) is 16.8. The van der Waals surface area contributed by atoms with Gasteiger partial charge in [0.2, 0.25) is 0 Å². The summed E-state index contributed by atoms with van der Waals surface area (Å²) in [5.74, 6) is -3.29. The molecule has 11 heteroatoms. The van der Waals surface area contributed by atoms with Gasteiger partial charge in [0.15, 0.2) is 0 Å². The van der Waals surface area contributed by atoms with Gasteiger partial charge in [-0.15, -0.1) is 0 Å². The molecule has 1 aromatic rings. The molecule has 0 fully saturated rings. The molecule has 9 nitrogen and oxygen atoms in total. The van der Waals surface area contributed by atoms with Gasteiger partial charge >= 0.3 is 60.0 Å². The van der Waals surface area contributed by atoms with Crippen molar-refractivity contribution in [2.45, 2.75) is 14.9 Å². The molecule has 0 bridgehead atoms. The Labute approximate surface area is 137 Å². The van der Waals surface area contributed by atoms with Gasteiger partial charge in [-0.1, -0.05) is 6.07 Å². The van der Waals surface area contributed by atoms with Crippen molar-refractivity contribution < 1.29 is 43.0 Å². The van der Waals surface area contributed by atoms with Gasteiger partial charge in [-0.25, -0.2) is 9.59 Å². The molecule has 1 rings (SSSR count). The summed E-state index contributed by atoms with van der Waals surface area (Å²) in [4.78, 5) is 20.2. The van der Waals surface area contributed by atoms with Crippen molar-refractivity contribution in [3.8, 4) is 0 Å². The summed E-state index contributed by atoms with van der Waals surface area (Å²) in [6.07, 6.45) is -1.05. The number of rotatable bonds is 4. The Bertz CT molecular complexity index is 591. The van der Waals surface area contributed by atoms with Gasteiger partial charge in [-0.2, -0.15) is 8.42 Å². The zero-order valence-corrected chi connectivity index (χ0v) is 13.6. The van der Waals surface area contributed by atoms with Crippen LogP contribution in [0.3, 0.4) is 0 Å². The van der Waals surface area contributed by atoms with Crippen LogP contribution in [0.5, 0.6) is 0 Å². The second-order valence-corrected chi connectivity index (χ2v) is 5.83. The molecule has 21 heavy (non-hydrogen) atoms. The molecule has 112 valence electrons. The molecule has 0 spiro atoms. The van der Waals surface area contributed by atoms with Crippen molar-refractivity contribution in [3.05, 3.63) is 29.3 Å². The van der Waals surface area contributed by atoms with Crippen LogP contribution in [0, 0.1) is 0 Å². The van der Waals surface area contributed by atoms with E-state index in [1.807, 2.05) is 0 Å². The van der Waals surface area contributed by atoms with Gasteiger partial charge in [0, 0.05) is 0 Å². The summed E-state index contributed by atoms with van der Waals surface area (Å²) in [5, 5.41) is 33.2. The van der Waals surface area contributed by atoms with Crippen LogP contribution >= 0.6 is 0 Å². The first-order valence-corrected chi connectivity index (χ1v) is 8.31. The van der Waals surface area contributed by atoms with Crippen LogP contribution in [0.2, 0.25) is 3.67 Å². The number of carboxylic acids is 2. The summed E-state index contributed by atoms with van der Waals surface area (Å²) >= 11 is 0.873. The van der Waals surface area contributed by atoms with E-state index >= 15 is 0 Å². The Hall–Kier alpha value is -1.01. The fourth-order valence-electron chi connectivity index (χ4n) is 1.15. The first-order chi connectivity index (χ1) is 9.52. The molecule has 0 radical (unpaired) electrons. The van der Waals surface area contributed by atoms with Crippen molar-refractivity contribution >= 4 is 50.0 Å². The van der Waals surface area contributed by atoms with Crippen molar-refractivity contribution in [1.29, 1.82) is 0 Å². The van der Waals surface area contributed by atoms with Crippen molar-refractivity contribution in [3.63, 3.8) is 0 Å². The summed E-state index contributed by atoms with van der Waals surface area (Å²) in [6, 6.07) is 2.84. The fourth-order valence-corrected chi connectivity index (χ4v) is 2.02. The fraction of sp³-hybridized carbons (Fsp3) is 0.200. The van der Waals surface area contributed by atoms with Crippen LogP contribution in [-0.2, 0) is 10.1 Å². The summed E-state index contributed by atoms with van der Waals surface area (Å²) in [5.41, 5.74) is -1.58. The number of hydrogen-bond acceptors (Lipinski definition) is 6. The molecule has 0 saturated heterocycles. The third-order valence-electron chi connectivity index (χ3n) is 2.10. The number of benzene rings is 1. The number of aliphatic hydroxyl groups is 2. The molecule has 0 aromatic heterocycles. The van der Waals surface area contributed by atoms with E-state index in [0.29, 0.717) is 3.67 Å². The predicted molar refractivity (Wildman–Crippen MR) is 69.0 cm³/mol. The average molecular weight is 330 g/mol. The monoisotopic (exact) mass is 330 g/mol. The molecular formula is C10H11NaO9S. The van der Waals surface area contributed by atoms with Gasteiger partial charge in [0.25, 0.3) is 10.1 Å². The number of aromatic carboxylic acids is 2. The first kappa shape index (κ1) is 20.0. The van der Waals surface area contributed by atoms with Gasteiger partial charge in [0.1, 0.15) is 4.90 Å². The molecular weight excluding hydrogens is 319 g/mol. The molecule has 0 aliphatic rings. The summed E-state index contributed by atoms with van der Waals surface area (Å²) in [7, 11) is -4.92. The summed E-state index contributed by atoms with van der Waals surface area (Å²) < 4.78 is 31.2. The molecule has 5 N–H and O–H groups in total. The first-order valence-electron chi connectivity index (χ1n) is 5.45. The molecule has 0 amide bonds. The second kappa shape index (κ2) is 8.44. The quantitative estimate of drug-likeness (QED) is 0.270. The molecule has 1 aromatic carbocycles. The van der Waals surface area contributed by atoms with Crippen LogP contribution in [0.15, 0.2) is 23.1 Å². The number of carbonyl (C=O) groups is 2. The Balaban J connectivity index is 0.000000690. The topological polar surface area (TPSA) is 169 Å². The standard InChI is InChI=1S/C8H6O7S.C2H5O2.Na/c9-7(10)4-2-1-3-5(8(11)12)6(4)16(13,14)15;1-2(3)4;/h1-3H,(H,9,10)(H,11,12)(H,13,14,15);2-4H,1H2;. The third kappa shape index (κ3) is 6.52. The minimum absolute atomic E-state index is 0.556. The van der Waals surface area contributed by atoms with E-state index in [0.717, 1.165) is 46.1 Å². The van der Waals surface area contributed by atoms with E-state index in [1.54, 1.807) is 0 Å². The van der Waals surface area contributed by atoms with E-state index in [-0.39, 0.29) is 0 Å². The number of hydrogen-bond donors (Lipinski definition) is 5. The Morgan fingerprint density at radius 2 is 1.43 bits per heavy atom. The summed E-state index contributed by atoms with van der Waals surface area (Å²) in [6.45, 7) is 0. The Morgan fingerprint density at radius 1 is 1.10 bits per heavy atom. The molecule has 0 unspecified atom stereocenters. The van der Waals surface area contributed by atoms with Crippen LogP contribution in [0.25, 0.3) is 0 Å². The normalized spacial score (nSPS) is 10.8. The minimum atomic E-state index is -4.92. The number of carboxylic acid groups (broad SMARTS) is 2. The van der Waals surface area contributed by atoms with E-state index in [9.17, 15) is 18.0 Å². The van der Waals surface area contributed by atoms with E-state index in [2.05, 4.69) is 0 Å². The van der Waals surface area contributed by atoms with Gasteiger partial charge < -0.3 is 10.2 Å². The van der Waals surface area contributed by atoms with Gasteiger partial charge in [-0.05, 0) is 12.1 Å². The zero-order valence-electron chi connectivity index (χ0n) is 10.8. The van der Waals surface area contributed by atoms with Crippen LogP contribution in [0.4, 0.5) is 0 Å². The SMILES string of the molecule is O=C(O)c1cccc(C(=O)O)c1S(=O)(=O)O.OC(O)[CH2][Na]. The molecule has 0 aliphatic carbocycles. The van der Waals surface area contributed by atoms with Gasteiger partial charge in [-0.3, -0.25) is 4.55 Å². The molecule has 0 aliphatic heterocycles. The maximum absolute atomic E-state index is 10.9. The van der Waals surface area contributed by atoms with Crippen molar-refractivity contribution in [2.24, 2.45) is 0 Å². The predicted octanol–water partition coefficient (Wildman–Crippen LogP) is -0.786. The van der Waals surface area contributed by atoms with E-state index < -0.39 is 44.4 Å². The Kier molecular flexibility index (Phi) is 8.03. The molecule has 0 atom stereocenters. The Morgan fingerprint density at radius 3 is 1.62 bits per heavy atom. The van der Waals surface area contributed by atoms with E-state index in [1.165, 1.54) is 0 Å². The number of aliphatic hydroxyl groups excluding tert-OH is 1. The van der Waals surface area contributed by atoms with Crippen molar-refractivity contribution in [2.75, 3.05) is 0 Å². The van der Waals surface area contributed by atoms with Crippen LogP contribution in [0.1, 0.15) is 20.7 Å². The molecule has 0 heterocycles. The molecule has 0 saturated carbocycles. The third-order valence-corrected chi connectivity index (χ3v) is 3.78. The van der Waals surface area contributed by atoms with Gasteiger partial charge in [0.05, 0.1) is 11.1 Å². The van der Waals surface area contributed by atoms with Crippen LogP contribution in [-0.4, -0.2) is 79.6 Å². The van der Waals surface area contributed by atoms with E-state index in [4.69, 9.17) is 25.0 Å². The van der Waals surface area contributed by atoms with Crippen molar-refractivity contribution in [1.82, 2.24) is 0 Å². The average Bonchev–Trinajstić information content (AvgIpc) is 2.37.